The molecule has 4 heterocycles. The van der Waals surface area contributed by atoms with Crippen LogP contribution in [-0.2, 0) is 0 Å². The topological polar surface area (TPSA) is 48.4 Å². The first-order chi connectivity index (χ1) is 13.1. The van der Waals surface area contributed by atoms with Crippen molar-refractivity contribution >= 4 is 5.82 Å². The second kappa shape index (κ2) is 7.90. The van der Waals surface area contributed by atoms with E-state index in [4.69, 9.17) is 9.97 Å². The first kappa shape index (κ1) is 18.3. The van der Waals surface area contributed by atoms with E-state index in [9.17, 15) is 0 Å². The normalized spacial score (nSPS) is 22.9. The summed E-state index contributed by atoms with van der Waals surface area (Å²) in [6, 6.07) is 8.75. The van der Waals surface area contributed by atoms with Gasteiger partial charge in [-0.05, 0) is 46.0 Å². The molecule has 0 amide bonds. The van der Waals surface area contributed by atoms with E-state index in [1.807, 2.05) is 19.2 Å². The van der Waals surface area contributed by atoms with Crippen LogP contribution in [0.5, 0.6) is 0 Å². The second-order valence-electron chi connectivity index (χ2n) is 7.90. The Kier molecular flexibility index (Phi) is 5.36. The van der Waals surface area contributed by atoms with E-state index in [0.717, 1.165) is 63.0 Å². The van der Waals surface area contributed by atoms with Gasteiger partial charge in [0.25, 0.3) is 0 Å². The number of likely N-dealkylation sites (tertiary alicyclic amines) is 1. The van der Waals surface area contributed by atoms with E-state index in [1.54, 1.807) is 0 Å². The van der Waals surface area contributed by atoms with E-state index in [-0.39, 0.29) is 0 Å². The van der Waals surface area contributed by atoms with Gasteiger partial charge in [0, 0.05) is 56.9 Å². The van der Waals surface area contributed by atoms with Crippen molar-refractivity contribution in [3.05, 3.63) is 47.7 Å². The van der Waals surface area contributed by atoms with Gasteiger partial charge in [0.15, 0.2) is 0 Å². The van der Waals surface area contributed by atoms with Crippen molar-refractivity contribution < 1.29 is 0 Å². The highest BCUT2D eigenvalue weighted by atomic mass is 15.3. The average Bonchev–Trinajstić information content (AvgIpc) is 3.18. The molecule has 2 aliphatic rings. The third-order valence-electron chi connectivity index (χ3n) is 5.97. The van der Waals surface area contributed by atoms with Gasteiger partial charge < -0.3 is 9.80 Å². The maximum Gasteiger partial charge on any atom is 0.132 e. The molecule has 0 aliphatic carbocycles. The summed E-state index contributed by atoms with van der Waals surface area (Å²) >= 11 is 0. The summed E-state index contributed by atoms with van der Waals surface area (Å²) in [5.41, 5.74) is 2.35. The molecule has 0 aromatic carbocycles. The fourth-order valence-corrected chi connectivity index (χ4v) is 4.17. The van der Waals surface area contributed by atoms with E-state index < -0.39 is 0 Å². The van der Waals surface area contributed by atoms with E-state index in [2.05, 4.69) is 51.9 Å². The van der Waals surface area contributed by atoms with Crippen molar-refractivity contribution in [3.8, 4) is 0 Å². The van der Waals surface area contributed by atoms with E-state index in [0.29, 0.717) is 12.0 Å². The highest BCUT2D eigenvalue weighted by Crippen LogP contribution is 2.32. The van der Waals surface area contributed by atoms with Gasteiger partial charge in [-0.3, -0.25) is 9.88 Å². The van der Waals surface area contributed by atoms with Crippen LogP contribution < -0.4 is 4.90 Å². The van der Waals surface area contributed by atoms with Crippen molar-refractivity contribution in [2.45, 2.75) is 32.2 Å². The Morgan fingerprint density at radius 1 is 1.07 bits per heavy atom. The number of hydrogen-bond acceptors (Lipinski definition) is 6. The average molecular weight is 367 g/mol. The number of nitrogens with zero attached hydrogens (tertiary/aromatic N) is 6. The zero-order valence-corrected chi connectivity index (χ0v) is 16.7. The molecule has 144 valence electrons. The molecular formula is C21H30N6. The Morgan fingerprint density at radius 2 is 1.89 bits per heavy atom. The molecule has 2 fully saturated rings. The molecule has 4 rings (SSSR count). The van der Waals surface area contributed by atoms with Crippen LogP contribution in [0.2, 0.25) is 0 Å². The molecule has 2 unspecified atom stereocenters. The monoisotopic (exact) mass is 366 g/mol. The minimum atomic E-state index is 0.344. The minimum Gasteiger partial charge on any atom is -0.354 e. The lowest BCUT2D eigenvalue weighted by atomic mass is 10.0. The lowest BCUT2D eigenvalue weighted by Gasteiger charge is -2.33. The molecule has 0 bridgehead atoms. The van der Waals surface area contributed by atoms with E-state index in [1.165, 1.54) is 5.69 Å². The van der Waals surface area contributed by atoms with Crippen molar-refractivity contribution in [1.82, 2.24) is 24.8 Å². The molecule has 2 saturated heterocycles. The van der Waals surface area contributed by atoms with Crippen LogP contribution in [0.4, 0.5) is 5.82 Å². The van der Waals surface area contributed by atoms with Gasteiger partial charge in [-0.15, -0.1) is 0 Å². The number of rotatable bonds is 4. The van der Waals surface area contributed by atoms with Crippen molar-refractivity contribution in [2.24, 2.45) is 0 Å². The summed E-state index contributed by atoms with van der Waals surface area (Å²) in [5, 5.41) is 0. The van der Waals surface area contributed by atoms with Gasteiger partial charge in [0.2, 0.25) is 0 Å². The SMILES string of the molecule is Cc1nc(C2CCN(C(C)c3ccccn3)C2)cc(N2CCN(C)CC2)n1. The second-order valence-corrected chi connectivity index (χ2v) is 7.90. The zero-order chi connectivity index (χ0) is 18.8. The third kappa shape index (κ3) is 4.12. The molecule has 6 nitrogen and oxygen atoms in total. The van der Waals surface area contributed by atoms with Crippen LogP contribution in [0.15, 0.2) is 30.5 Å². The standard InChI is InChI=1S/C21H30N6/c1-16(19-6-4-5-8-22-19)27-9-7-18(15-27)20-14-21(24-17(2)23-20)26-12-10-25(3)11-13-26/h4-6,8,14,16,18H,7,9-13,15H2,1-3H3. The largest absolute Gasteiger partial charge is 0.354 e. The molecule has 2 atom stereocenters. The first-order valence-corrected chi connectivity index (χ1v) is 10.0. The number of anilines is 1. The smallest absolute Gasteiger partial charge is 0.132 e. The maximum absolute atomic E-state index is 4.80. The molecule has 27 heavy (non-hydrogen) atoms. The molecule has 2 aromatic heterocycles. The molecule has 6 heteroatoms. The molecule has 0 N–H and O–H groups in total. The van der Waals surface area contributed by atoms with E-state index >= 15 is 0 Å². The quantitative estimate of drug-likeness (QED) is 0.829. The number of likely N-dealkylation sites (N-methyl/N-ethyl adjacent to an activating group) is 1. The Bertz CT molecular complexity index is 757. The lowest BCUT2D eigenvalue weighted by molar-refractivity contribution is 0.255. The van der Waals surface area contributed by atoms with Crippen LogP contribution >= 0.6 is 0 Å². The van der Waals surface area contributed by atoms with Gasteiger partial charge in [0.1, 0.15) is 11.6 Å². The Balaban J connectivity index is 1.47. The predicted molar refractivity (Wildman–Crippen MR) is 108 cm³/mol. The molecular weight excluding hydrogens is 336 g/mol. The highest BCUT2D eigenvalue weighted by molar-refractivity contribution is 5.41. The Morgan fingerprint density at radius 3 is 2.63 bits per heavy atom. The van der Waals surface area contributed by atoms with Gasteiger partial charge in [-0.1, -0.05) is 6.07 Å². The molecule has 0 saturated carbocycles. The summed E-state index contributed by atoms with van der Waals surface area (Å²) in [5.74, 6) is 2.46. The number of aryl methyl sites for hydroxylation is 1. The Hall–Kier alpha value is -2.05. The summed E-state index contributed by atoms with van der Waals surface area (Å²) < 4.78 is 0. The van der Waals surface area contributed by atoms with Crippen LogP contribution in [0.1, 0.15) is 42.5 Å². The fraction of sp³-hybridized carbons (Fsp3) is 0.571. The molecule has 0 radical (unpaired) electrons. The Labute approximate surface area is 162 Å². The van der Waals surface area contributed by atoms with Gasteiger partial charge >= 0.3 is 0 Å². The summed E-state index contributed by atoms with van der Waals surface area (Å²) in [7, 11) is 2.18. The van der Waals surface area contributed by atoms with Crippen LogP contribution in [0.3, 0.4) is 0 Å². The van der Waals surface area contributed by atoms with Crippen molar-refractivity contribution in [2.75, 3.05) is 51.2 Å². The lowest BCUT2D eigenvalue weighted by Crippen LogP contribution is -2.45. The number of hydrogen-bond donors (Lipinski definition) is 0. The van der Waals surface area contributed by atoms with Crippen molar-refractivity contribution in [3.63, 3.8) is 0 Å². The van der Waals surface area contributed by atoms with Crippen LogP contribution in [0.25, 0.3) is 0 Å². The summed E-state index contributed by atoms with van der Waals surface area (Å²) in [4.78, 5) is 21.4. The summed E-state index contributed by atoms with van der Waals surface area (Å²) in [6.07, 6.45) is 3.03. The van der Waals surface area contributed by atoms with Crippen molar-refractivity contribution in [1.29, 1.82) is 0 Å². The van der Waals surface area contributed by atoms with Gasteiger partial charge in [0.05, 0.1) is 11.4 Å². The summed E-state index contributed by atoms with van der Waals surface area (Å²) in [6.45, 7) is 10.7. The van der Waals surface area contributed by atoms with Gasteiger partial charge in [-0.25, -0.2) is 9.97 Å². The minimum absolute atomic E-state index is 0.344. The number of aromatic nitrogens is 3. The van der Waals surface area contributed by atoms with Crippen LogP contribution in [0, 0.1) is 6.92 Å². The van der Waals surface area contributed by atoms with Crippen LogP contribution in [-0.4, -0.2) is 71.1 Å². The number of piperazine rings is 1. The molecule has 2 aromatic rings. The first-order valence-electron chi connectivity index (χ1n) is 10.0. The van der Waals surface area contributed by atoms with Gasteiger partial charge in [-0.2, -0.15) is 0 Å². The number of pyridine rings is 1. The molecule has 0 spiro atoms. The zero-order valence-electron chi connectivity index (χ0n) is 16.7. The predicted octanol–water partition coefficient (Wildman–Crippen LogP) is 2.48. The molecule has 2 aliphatic heterocycles. The maximum atomic E-state index is 4.80. The fourth-order valence-electron chi connectivity index (χ4n) is 4.17. The third-order valence-corrected chi connectivity index (χ3v) is 5.97. The highest BCUT2D eigenvalue weighted by Gasteiger charge is 2.30.